The molecule has 0 aromatic heterocycles. The van der Waals surface area contributed by atoms with Gasteiger partial charge in [-0.15, -0.1) is 0 Å². The monoisotopic (exact) mass is 209 g/mol. The quantitative estimate of drug-likeness (QED) is 0.688. The molecule has 4 aliphatic carbocycles. The molecule has 0 N–H and O–H groups in total. The molecule has 0 aromatic rings. The van der Waals surface area contributed by atoms with Gasteiger partial charge in [-0.3, -0.25) is 0 Å². The van der Waals surface area contributed by atoms with Crippen molar-refractivity contribution < 1.29 is 14.6 Å². The third kappa shape index (κ3) is 1.67. The Morgan fingerprint density at radius 2 is 1.60 bits per heavy atom. The fourth-order valence-corrected chi connectivity index (χ4v) is 4.42. The molecular weight excluding hydrogens is 192 g/mol. The number of carbonyl (C=O) groups is 1. The molecule has 0 atom stereocenters. The highest BCUT2D eigenvalue weighted by atomic mass is 16.5. The fourth-order valence-electron chi connectivity index (χ4n) is 4.42. The molecule has 84 valence electrons. The van der Waals surface area contributed by atoms with Crippen LogP contribution in [0.1, 0.15) is 38.5 Å². The zero-order chi connectivity index (χ0) is 10.5. The summed E-state index contributed by atoms with van der Waals surface area (Å²) in [5.41, 5.74) is -0.0885. The summed E-state index contributed by atoms with van der Waals surface area (Å²) in [6.07, 6.45) is 7.33. The van der Waals surface area contributed by atoms with Gasteiger partial charge in [-0.1, -0.05) is 0 Å². The number of aliphatic carboxylic acids is 1. The van der Waals surface area contributed by atoms with E-state index < -0.39 is 5.97 Å². The number of carboxylic acids is 1. The van der Waals surface area contributed by atoms with Gasteiger partial charge in [0, 0.05) is 0 Å². The van der Waals surface area contributed by atoms with Gasteiger partial charge in [0.05, 0.1) is 18.2 Å². The van der Waals surface area contributed by atoms with E-state index in [-0.39, 0.29) is 12.2 Å². The van der Waals surface area contributed by atoms with Crippen LogP contribution >= 0.6 is 0 Å². The number of hydrogen-bond donors (Lipinski definition) is 0. The van der Waals surface area contributed by atoms with E-state index in [9.17, 15) is 9.90 Å². The van der Waals surface area contributed by atoms with Crippen LogP contribution in [0, 0.1) is 17.8 Å². The van der Waals surface area contributed by atoms with E-state index in [0.29, 0.717) is 0 Å². The van der Waals surface area contributed by atoms with Gasteiger partial charge in [0.2, 0.25) is 0 Å². The van der Waals surface area contributed by atoms with Crippen LogP contribution in [-0.2, 0) is 9.53 Å². The first-order chi connectivity index (χ1) is 7.15. The third-order valence-corrected chi connectivity index (χ3v) is 4.48. The Morgan fingerprint density at radius 3 is 2.00 bits per heavy atom. The largest absolute Gasteiger partial charge is 0.548 e. The van der Waals surface area contributed by atoms with E-state index in [1.165, 1.54) is 19.3 Å². The van der Waals surface area contributed by atoms with E-state index in [0.717, 1.165) is 37.0 Å². The molecule has 0 saturated heterocycles. The first-order valence-electron chi connectivity index (χ1n) is 5.99. The van der Waals surface area contributed by atoms with E-state index >= 15 is 0 Å². The van der Waals surface area contributed by atoms with Crippen molar-refractivity contribution in [2.45, 2.75) is 44.1 Å². The average molecular weight is 209 g/mol. The van der Waals surface area contributed by atoms with Crippen LogP contribution in [0.4, 0.5) is 0 Å². The summed E-state index contributed by atoms with van der Waals surface area (Å²) in [6.45, 7) is -0.216. The molecule has 4 saturated carbocycles. The Hall–Kier alpha value is -0.570. The van der Waals surface area contributed by atoms with Gasteiger partial charge in [0.15, 0.2) is 0 Å². The lowest BCUT2D eigenvalue weighted by atomic mass is 9.54. The zero-order valence-electron chi connectivity index (χ0n) is 8.91. The van der Waals surface area contributed by atoms with Gasteiger partial charge < -0.3 is 14.6 Å². The summed E-state index contributed by atoms with van der Waals surface area (Å²) in [6, 6.07) is 0. The standard InChI is InChI=1S/C12H18O3/c13-11(14)7-15-12-4-8-1-9(5-12)3-10(2-8)6-12/h8-10H,1-7H2,(H,13,14)/p-1. The van der Waals surface area contributed by atoms with Crippen molar-refractivity contribution in [1.29, 1.82) is 0 Å². The molecule has 0 aromatic carbocycles. The average Bonchev–Trinajstić information content (AvgIpc) is 2.12. The van der Waals surface area contributed by atoms with Crippen molar-refractivity contribution in [3.05, 3.63) is 0 Å². The summed E-state index contributed by atoms with van der Waals surface area (Å²) in [7, 11) is 0. The maximum absolute atomic E-state index is 10.5. The lowest BCUT2D eigenvalue weighted by molar-refractivity contribution is -0.314. The van der Waals surface area contributed by atoms with E-state index in [1.54, 1.807) is 0 Å². The van der Waals surface area contributed by atoms with Crippen molar-refractivity contribution in [2.75, 3.05) is 6.61 Å². The number of rotatable bonds is 3. The highest BCUT2D eigenvalue weighted by Crippen LogP contribution is 2.56. The van der Waals surface area contributed by atoms with E-state index in [4.69, 9.17) is 4.74 Å². The van der Waals surface area contributed by atoms with Gasteiger partial charge in [-0.05, 0) is 56.3 Å². The number of carboxylic acid groups (broad SMARTS) is 1. The molecule has 4 bridgehead atoms. The van der Waals surface area contributed by atoms with Crippen molar-refractivity contribution in [2.24, 2.45) is 17.8 Å². The molecular formula is C12H17O3-. The normalized spacial score (nSPS) is 47.1. The second-order valence-corrected chi connectivity index (χ2v) is 5.76. The van der Waals surface area contributed by atoms with Crippen LogP contribution in [0.3, 0.4) is 0 Å². The summed E-state index contributed by atoms with van der Waals surface area (Å²) in [5, 5.41) is 10.5. The zero-order valence-corrected chi connectivity index (χ0v) is 8.91. The van der Waals surface area contributed by atoms with Crippen molar-refractivity contribution >= 4 is 5.97 Å². The summed E-state index contributed by atoms with van der Waals surface area (Å²) < 4.78 is 5.64. The van der Waals surface area contributed by atoms with Crippen LogP contribution in [0.5, 0.6) is 0 Å². The summed E-state index contributed by atoms with van der Waals surface area (Å²) in [5.74, 6) is 1.33. The molecule has 4 aliphatic rings. The molecule has 0 radical (unpaired) electrons. The fraction of sp³-hybridized carbons (Fsp3) is 0.917. The maximum atomic E-state index is 10.5. The van der Waals surface area contributed by atoms with E-state index in [1.807, 2.05) is 0 Å². The Labute approximate surface area is 89.8 Å². The number of carbonyl (C=O) groups excluding carboxylic acids is 1. The minimum atomic E-state index is -1.08. The number of ether oxygens (including phenoxy) is 1. The summed E-state index contributed by atoms with van der Waals surface area (Å²) >= 11 is 0. The van der Waals surface area contributed by atoms with Crippen LogP contribution in [-0.4, -0.2) is 18.2 Å². The van der Waals surface area contributed by atoms with Crippen LogP contribution in [0.2, 0.25) is 0 Å². The minimum Gasteiger partial charge on any atom is -0.548 e. The number of hydrogen-bond acceptors (Lipinski definition) is 3. The van der Waals surface area contributed by atoms with Crippen LogP contribution in [0.15, 0.2) is 0 Å². The van der Waals surface area contributed by atoms with Gasteiger partial charge in [-0.25, -0.2) is 0 Å². The van der Waals surface area contributed by atoms with Crippen LogP contribution < -0.4 is 5.11 Å². The van der Waals surface area contributed by atoms with Crippen molar-refractivity contribution in [3.63, 3.8) is 0 Å². The lowest BCUT2D eigenvalue weighted by Gasteiger charge is -2.56. The van der Waals surface area contributed by atoms with E-state index in [2.05, 4.69) is 0 Å². The molecule has 0 aliphatic heterocycles. The smallest absolute Gasteiger partial charge is 0.0868 e. The van der Waals surface area contributed by atoms with Crippen LogP contribution in [0.25, 0.3) is 0 Å². The first-order valence-corrected chi connectivity index (χ1v) is 5.99. The molecule has 3 heteroatoms. The van der Waals surface area contributed by atoms with Gasteiger partial charge in [-0.2, -0.15) is 0 Å². The Bertz CT molecular complexity index is 249. The second kappa shape index (κ2) is 3.21. The Morgan fingerprint density at radius 1 is 1.13 bits per heavy atom. The van der Waals surface area contributed by atoms with Gasteiger partial charge in [0.25, 0.3) is 0 Å². The predicted octanol–water partition coefficient (Wildman–Crippen LogP) is 0.722. The molecule has 3 nitrogen and oxygen atoms in total. The Balaban J connectivity index is 1.72. The molecule has 0 unspecified atom stereocenters. The molecule has 4 fully saturated rings. The third-order valence-electron chi connectivity index (χ3n) is 4.48. The van der Waals surface area contributed by atoms with Crippen molar-refractivity contribution in [3.8, 4) is 0 Å². The Kier molecular flexibility index (Phi) is 2.06. The molecule has 15 heavy (non-hydrogen) atoms. The maximum Gasteiger partial charge on any atom is 0.0868 e. The summed E-state index contributed by atoms with van der Waals surface area (Å²) in [4.78, 5) is 10.5. The predicted molar refractivity (Wildman–Crippen MR) is 51.9 cm³/mol. The minimum absolute atomic E-state index is 0.0885. The van der Waals surface area contributed by atoms with Crippen molar-refractivity contribution in [1.82, 2.24) is 0 Å². The topological polar surface area (TPSA) is 49.4 Å². The van der Waals surface area contributed by atoms with Gasteiger partial charge >= 0.3 is 0 Å². The molecule has 0 amide bonds. The SMILES string of the molecule is O=C([O-])COC12CC3CC(CC(C3)C1)C2. The first kappa shape index (κ1) is 9.64. The van der Waals surface area contributed by atoms with Gasteiger partial charge in [0.1, 0.15) is 0 Å². The lowest BCUT2D eigenvalue weighted by Crippen LogP contribution is -2.53. The molecule has 0 heterocycles. The molecule has 4 rings (SSSR count). The second-order valence-electron chi connectivity index (χ2n) is 5.76. The molecule has 0 spiro atoms. The highest BCUT2D eigenvalue weighted by molar-refractivity contribution is 5.65. The highest BCUT2D eigenvalue weighted by Gasteiger charge is 2.51.